The van der Waals surface area contributed by atoms with Crippen LogP contribution in [0.2, 0.25) is 0 Å². The Labute approximate surface area is 135 Å². The topological polar surface area (TPSA) is 80.9 Å². The standard InChI is InChI=1S/C14H14FIN4O/c1-7(2)13-18-6-10(17)12(20-13)14(21)19-11-4-3-8(15)5-9(11)16/h3-7H,17H2,1-2H3,(H,19,21). The number of aromatic nitrogens is 2. The SMILES string of the molecule is CC(C)c1ncc(N)c(C(=O)Nc2ccc(F)cc2I)n1. The van der Waals surface area contributed by atoms with E-state index in [-0.39, 0.29) is 23.1 Å². The van der Waals surface area contributed by atoms with Gasteiger partial charge in [0.2, 0.25) is 0 Å². The third-order valence-corrected chi connectivity index (χ3v) is 3.64. The second kappa shape index (κ2) is 6.33. The van der Waals surface area contributed by atoms with Crippen LogP contribution in [0.4, 0.5) is 15.8 Å². The lowest BCUT2D eigenvalue weighted by molar-refractivity contribution is 0.102. The molecular weight excluding hydrogens is 386 g/mol. The van der Waals surface area contributed by atoms with Crippen molar-refractivity contribution in [2.24, 2.45) is 0 Å². The summed E-state index contributed by atoms with van der Waals surface area (Å²) < 4.78 is 13.7. The highest BCUT2D eigenvalue weighted by Gasteiger charge is 2.16. The Kier molecular flexibility index (Phi) is 4.71. The van der Waals surface area contributed by atoms with Crippen molar-refractivity contribution in [3.8, 4) is 0 Å². The lowest BCUT2D eigenvalue weighted by atomic mass is 10.2. The van der Waals surface area contributed by atoms with Gasteiger partial charge in [-0.15, -0.1) is 0 Å². The van der Waals surface area contributed by atoms with E-state index < -0.39 is 5.91 Å². The fourth-order valence-electron chi connectivity index (χ4n) is 1.64. The maximum atomic E-state index is 13.1. The van der Waals surface area contributed by atoms with Crippen LogP contribution in [-0.2, 0) is 0 Å². The molecule has 3 N–H and O–H groups in total. The molecular formula is C14H14FIN4O. The van der Waals surface area contributed by atoms with Crippen molar-refractivity contribution in [3.05, 3.63) is 45.3 Å². The number of carbonyl (C=O) groups is 1. The van der Waals surface area contributed by atoms with E-state index in [1.807, 2.05) is 36.4 Å². The van der Waals surface area contributed by atoms with Gasteiger partial charge in [-0.3, -0.25) is 4.79 Å². The van der Waals surface area contributed by atoms with Crippen molar-refractivity contribution >= 4 is 39.9 Å². The second-order valence-corrected chi connectivity index (χ2v) is 5.93. The maximum absolute atomic E-state index is 13.1. The summed E-state index contributed by atoms with van der Waals surface area (Å²) in [4.78, 5) is 20.5. The molecule has 2 aromatic rings. The molecule has 0 fully saturated rings. The monoisotopic (exact) mass is 400 g/mol. The number of hydrogen-bond acceptors (Lipinski definition) is 4. The van der Waals surface area contributed by atoms with Crippen LogP contribution < -0.4 is 11.1 Å². The molecule has 0 bridgehead atoms. The molecule has 7 heteroatoms. The number of rotatable bonds is 3. The molecule has 1 heterocycles. The number of benzene rings is 1. The van der Waals surface area contributed by atoms with Crippen LogP contribution in [0, 0.1) is 9.39 Å². The smallest absolute Gasteiger partial charge is 0.276 e. The molecule has 0 unspecified atom stereocenters. The summed E-state index contributed by atoms with van der Waals surface area (Å²) >= 11 is 1.95. The molecule has 0 atom stereocenters. The third kappa shape index (κ3) is 3.66. The lowest BCUT2D eigenvalue weighted by Gasteiger charge is -2.10. The lowest BCUT2D eigenvalue weighted by Crippen LogP contribution is -2.18. The first kappa shape index (κ1) is 15.6. The molecule has 0 aliphatic carbocycles. The average Bonchev–Trinajstić information content (AvgIpc) is 2.42. The number of nitrogens with one attached hydrogen (secondary N) is 1. The normalized spacial score (nSPS) is 10.7. The van der Waals surface area contributed by atoms with Crippen molar-refractivity contribution in [3.63, 3.8) is 0 Å². The molecule has 0 saturated carbocycles. The number of anilines is 2. The summed E-state index contributed by atoms with van der Waals surface area (Å²) in [6, 6.07) is 4.11. The fraction of sp³-hybridized carbons (Fsp3) is 0.214. The Hall–Kier alpha value is -1.77. The number of hydrogen-bond donors (Lipinski definition) is 2. The molecule has 1 amide bonds. The average molecular weight is 400 g/mol. The van der Waals surface area contributed by atoms with Gasteiger partial charge in [0.05, 0.1) is 17.6 Å². The predicted octanol–water partition coefficient (Wildman–Crippen LogP) is 3.18. The minimum atomic E-state index is -0.443. The van der Waals surface area contributed by atoms with Crippen molar-refractivity contribution in [2.75, 3.05) is 11.1 Å². The van der Waals surface area contributed by atoms with E-state index in [0.29, 0.717) is 15.1 Å². The molecule has 1 aromatic heterocycles. The van der Waals surface area contributed by atoms with Crippen LogP contribution in [0.15, 0.2) is 24.4 Å². The minimum Gasteiger partial charge on any atom is -0.396 e. The molecule has 1 aromatic carbocycles. The molecule has 0 aliphatic rings. The molecule has 0 spiro atoms. The minimum absolute atomic E-state index is 0.0862. The first-order valence-corrected chi connectivity index (χ1v) is 7.35. The van der Waals surface area contributed by atoms with Crippen LogP contribution in [0.1, 0.15) is 36.1 Å². The van der Waals surface area contributed by atoms with Gasteiger partial charge in [0, 0.05) is 9.49 Å². The largest absolute Gasteiger partial charge is 0.396 e. The van der Waals surface area contributed by atoms with Crippen molar-refractivity contribution in [1.29, 1.82) is 0 Å². The number of nitrogens with zero attached hydrogens (tertiary/aromatic N) is 2. The number of halogens is 2. The Bertz CT molecular complexity index is 691. The van der Waals surface area contributed by atoms with E-state index in [4.69, 9.17) is 5.73 Å². The van der Waals surface area contributed by atoms with Gasteiger partial charge in [0.15, 0.2) is 5.69 Å². The first-order chi connectivity index (χ1) is 9.88. The molecule has 5 nitrogen and oxygen atoms in total. The molecule has 0 saturated heterocycles. The van der Waals surface area contributed by atoms with Crippen molar-refractivity contribution in [2.45, 2.75) is 19.8 Å². The van der Waals surface area contributed by atoms with Crippen LogP contribution in [0.5, 0.6) is 0 Å². The Balaban J connectivity index is 2.30. The second-order valence-electron chi connectivity index (χ2n) is 4.77. The van der Waals surface area contributed by atoms with E-state index in [9.17, 15) is 9.18 Å². The van der Waals surface area contributed by atoms with E-state index in [1.165, 1.54) is 24.4 Å². The van der Waals surface area contributed by atoms with Crippen LogP contribution in [0.25, 0.3) is 0 Å². The Morgan fingerprint density at radius 3 is 2.76 bits per heavy atom. The fourth-order valence-corrected chi connectivity index (χ4v) is 2.25. The van der Waals surface area contributed by atoms with Crippen molar-refractivity contribution < 1.29 is 9.18 Å². The zero-order valence-electron chi connectivity index (χ0n) is 11.5. The summed E-state index contributed by atoms with van der Waals surface area (Å²) in [5.74, 6) is -0.173. The summed E-state index contributed by atoms with van der Waals surface area (Å²) in [5, 5.41) is 2.68. The van der Waals surface area contributed by atoms with Gasteiger partial charge in [-0.25, -0.2) is 14.4 Å². The van der Waals surface area contributed by atoms with E-state index in [1.54, 1.807) is 0 Å². The summed E-state index contributed by atoms with van der Waals surface area (Å²) in [5.41, 5.74) is 6.59. The molecule has 0 aliphatic heterocycles. The zero-order valence-corrected chi connectivity index (χ0v) is 13.7. The van der Waals surface area contributed by atoms with Gasteiger partial charge in [0.25, 0.3) is 5.91 Å². The van der Waals surface area contributed by atoms with Gasteiger partial charge in [-0.05, 0) is 40.8 Å². The van der Waals surface area contributed by atoms with E-state index in [0.717, 1.165) is 0 Å². The van der Waals surface area contributed by atoms with Gasteiger partial charge in [-0.2, -0.15) is 0 Å². The summed E-state index contributed by atoms with van der Waals surface area (Å²) in [6.07, 6.45) is 1.42. The number of amides is 1. The summed E-state index contributed by atoms with van der Waals surface area (Å²) in [7, 11) is 0. The zero-order chi connectivity index (χ0) is 15.6. The highest BCUT2D eigenvalue weighted by molar-refractivity contribution is 14.1. The highest BCUT2D eigenvalue weighted by Crippen LogP contribution is 2.21. The first-order valence-electron chi connectivity index (χ1n) is 6.27. The van der Waals surface area contributed by atoms with Crippen LogP contribution in [-0.4, -0.2) is 15.9 Å². The van der Waals surface area contributed by atoms with E-state index >= 15 is 0 Å². The van der Waals surface area contributed by atoms with Gasteiger partial charge in [-0.1, -0.05) is 13.8 Å². The van der Waals surface area contributed by atoms with Gasteiger partial charge < -0.3 is 11.1 Å². The van der Waals surface area contributed by atoms with E-state index in [2.05, 4.69) is 15.3 Å². The highest BCUT2D eigenvalue weighted by atomic mass is 127. The summed E-state index contributed by atoms with van der Waals surface area (Å²) in [6.45, 7) is 3.85. The van der Waals surface area contributed by atoms with Crippen LogP contribution in [0.3, 0.4) is 0 Å². The quantitative estimate of drug-likeness (QED) is 0.776. The van der Waals surface area contributed by atoms with Gasteiger partial charge >= 0.3 is 0 Å². The maximum Gasteiger partial charge on any atom is 0.276 e. The van der Waals surface area contributed by atoms with Crippen LogP contribution >= 0.6 is 22.6 Å². The molecule has 0 radical (unpaired) electrons. The number of nitrogen functional groups attached to an aromatic ring is 1. The number of carbonyl (C=O) groups excluding carboxylic acids is 1. The third-order valence-electron chi connectivity index (χ3n) is 2.75. The Morgan fingerprint density at radius 1 is 1.43 bits per heavy atom. The predicted molar refractivity (Wildman–Crippen MR) is 87.6 cm³/mol. The number of nitrogens with two attached hydrogens (primary N) is 1. The molecule has 21 heavy (non-hydrogen) atoms. The van der Waals surface area contributed by atoms with Gasteiger partial charge in [0.1, 0.15) is 11.6 Å². The molecule has 110 valence electrons. The Morgan fingerprint density at radius 2 is 2.14 bits per heavy atom. The van der Waals surface area contributed by atoms with Crippen molar-refractivity contribution in [1.82, 2.24) is 9.97 Å². The molecule has 2 rings (SSSR count).